The van der Waals surface area contributed by atoms with Crippen LogP contribution in [0.3, 0.4) is 0 Å². The van der Waals surface area contributed by atoms with Crippen LogP contribution in [0, 0.1) is 0 Å². The van der Waals surface area contributed by atoms with Gasteiger partial charge in [-0.25, -0.2) is 4.79 Å². The molecule has 2 aromatic rings. The summed E-state index contributed by atoms with van der Waals surface area (Å²) in [5.74, 6) is 0.689. The Hall–Kier alpha value is -2.53. The summed E-state index contributed by atoms with van der Waals surface area (Å²) < 4.78 is 11.0. The Bertz CT molecular complexity index is 672. The van der Waals surface area contributed by atoms with E-state index >= 15 is 0 Å². The third-order valence-corrected chi connectivity index (χ3v) is 4.27. The maximum absolute atomic E-state index is 11.8. The molecule has 5 nitrogen and oxygen atoms in total. The van der Waals surface area contributed by atoms with Crippen molar-refractivity contribution < 1.29 is 19.4 Å². The quantitative estimate of drug-likeness (QED) is 0.858. The lowest BCUT2D eigenvalue weighted by Gasteiger charge is -2.28. The number of benzene rings is 2. The molecule has 132 valence electrons. The van der Waals surface area contributed by atoms with E-state index in [9.17, 15) is 9.90 Å². The second-order valence-corrected chi connectivity index (χ2v) is 6.22. The number of hydrogen-bond donors (Lipinski definition) is 2. The van der Waals surface area contributed by atoms with Gasteiger partial charge in [0.25, 0.3) is 0 Å². The Labute approximate surface area is 147 Å². The Morgan fingerprint density at radius 3 is 2.48 bits per heavy atom. The molecule has 0 spiro atoms. The minimum atomic E-state index is -0.500. The number of anilines is 1. The first-order chi connectivity index (χ1) is 12.2. The molecule has 1 fully saturated rings. The SMILES string of the molecule is O=C(Nc1ccc(O[C@@H]2CCCC[C@H]2O)cc1)OCc1ccccc1. The largest absolute Gasteiger partial charge is 0.488 e. The molecule has 0 bridgehead atoms. The normalized spacial score (nSPS) is 19.9. The second kappa shape index (κ2) is 8.53. The second-order valence-electron chi connectivity index (χ2n) is 6.22. The third-order valence-electron chi connectivity index (χ3n) is 4.27. The van der Waals surface area contributed by atoms with Crippen molar-refractivity contribution >= 4 is 11.8 Å². The fourth-order valence-corrected chi connectivity index (χ4v) is 2.88. The van der Waals surface area contributed by atoms with Crippen LogP contribution in [0.4, 0.5) is 10.5 Å². The predicted molar refractivity (Wildman–Crippen MR) is 95.6 cm³/mol. The number of nitrogens with one attached hydrogen (secondary N) is 1. The first kappa shape index (κ1) is 17.3. The molecule has 1 amide bonds. The topological polar surface area (TPSA) is 67.8 Å². The van der Waals surface area contributed by atoms with Crippen molar-refractivity contribution in [2.75, 3.05) is 5.32 Å². The molecule has 2 aromatic carbocycles. The van der Waals surface area contributed by atoms with Crippen molar-refractivity contribution in [1.82, 2.24) is 0 Å². The van der Waals surface area contributed by atoms with E-state index in [1.165, 1.54) is 0 Å². The molecule has 1 aliphatic carbocycles. The molecule has 0 saturated heterocycles. The van der Waals surface area contributed by atoms with E-state index in [1.807, 2.05) is 30.3 Å². The van der Waals surface area contributed by atoms with E-state index < -0.39 is 12.2 Å². The molecule has 0 radical (unpaired) electrons. The number of ether oxygens (including phenoxy) is 2. The van der Waals surface area contributed by atoms with E-state index in [2.05, 4.69) is 5.32 Å². The highest BCUT2D eigenvalue weighted by atomic mass is 16.5. The van der Waals surface area contributed by atoms with Crippen molar-refractivity contribution in [2.24, 2.45) is 0 Å². The first-order valence-corrected chi connectivity index (χ1v) is 8.63. The zero-order valence-corrected chi connectivity index (χ0v) is 14.1. The molecule has 25 heavy (non-hydrogen) atoms. The molecule has 3 rings (SSSR count). The third kappa shape index (κ3) is 5.22. The summed E-state index contributed by atoms with van der Waals surface area (Å²) in [6.07, 6.45) is 2.73. The van der Waals surface area contributed by atoms with E-state index in [0.29, 0.717) is 11.4 Å². The Morgan fingerprint density at radius 2 is 1.76 bits per heavy atom. The highest BCUT2D eigenvalue weighted by Gasteiger charge is 2.24. The molecule has 1 aliphatic rings. The number of aliphatic hydroxyl groups excluding tert-OH is 1. The zero-order chi connectivity index (χ0) is 17.5. The fraction of sp³-hybridized carbons (Fsp3) is 0.350. The molecule has 2 atom stereocenters. The lowest BCUT2D eigenvalue weighted by molar-refractivity contribution is 0.00688. The number of aliphatic hydroxyl groups is 1. The average molecular weight is 341 g/mol. The Balaban J connectivity index is 1.47. The minimum Gasteiger partial charge on any atom is -0.488 e. The van der Waals surface area contributed by atoms with Crippen molar-refractivity contribution in [3.63, 3.8) is 0 Å². The van der Waals surface area contributed by atoms with Crippen LogP contribution in [0.15, 0.2) is 54.6 Å². The van der Waals surface area contributed by atoms with Crippen molar-refractivity contribution in [3.8, 4) is 5.75 Å². The molecular weight excluding hydrogens is 318 g/mol. The highest BCUT2D eigenvalue weighted by molar-refractivity contribution is 5.84. The summed E-state index contributed by atoms with van der Waals surface area (Å²) in [6.45, 7) is 0.230. The van der Waals surface area contributed by atoms with Crippen LogP contribution < -0.4 is 10.1 Å². The maximum atomic E-state index is 11.8. The van der Waals surface area contributed by atoms with Crippen LogP contribution in [0.5, 0.6) is 5.75 Å². The number of carbonyl (C=O) groups is 1. The summed E-state index contributed by atoms with van der Waals surface area (Å²) >= 11 is 0. The molecule has 1 saturated carbocycles. The van der Waals surface area contributed by atoms with Gasteiger partial charge >= 0.3 is 6.09 Å². The van der Waals surface area contributed by atoms with Crippen LogP contribution in [0.25, 0.3) is 0 Å². The molecule has 0 heterocycles. The van der Waals surface area contributed by atoms with Crippen LogP contribution in [-0.2, 0) is 11.3 Å². The number of hydrogen-bond acceptors (Lipinski definition) is 4. The van der Waals surface area contributed by atoms with Gasteiger partial charge in [0, 0.05) is 5.69 Å². The first-order valence-electron chi connectivity index (χ1n) is 8.63. The summed E-state index contributed by atoms with van der Waals surface area (Å²) in [5.41, 5.74) is 1.57. The molecule has 2 N–H and O–H groups in total. The molecule has 0 unspecified atom stereocenters. The smallest absolute Gasteiger partial charge is 0.411 e. The van der Waals surface area contributed by atoms with Gasteiger partial charge in [-0.05, 0) is 49.1 Å². The maximum Gasteiger partial charge on any atom is 0.411 e. The van der Waals surface area contributed by atoms with Crippen molar-refractivity contribution in [2.45, 2.75) is 44.5 Å². The predicted octanol–water partition coefficient (Wildman–Crippen LogP) is 4.12. The summed E-state index contributed by atoms with van der Waals surface area (Å²) in [4.78, 5) is 11.8. The van der Waals surface area contributed by atoms with E-state index in [1.54, 1.807) is 24.3 Å². The zero-order valence-electron chi connectivity index (χ0n) is 14.1. The van der Waals surface area contributed by atoms with Crippen LogP contribution in [0.1, 0.15) is 31.2 Å². The standard InChI is InChI=1S/C20H23NO4/c22-18-8-4-5-9-19(18)25-17-12-10-16(11-13-17)21-20(23)24-14-15-6-2-1-3-7-15/h1-3,6-7,10-13,18-19,22H,4-5,8-9,14H2,(H,21,23)/t18-,19-/m1/s1. The van der Waals surface area contributed by atoms with Gasteiger partial charge in [0.15, 0.2) is 0 Å². The number of rotatable bonds is 5. The lowest BCUT2D eigenvalue weighted by Crippen LogP contribution is -2.34. The number of carbonyl (C=O) groups excluding carboxylic acids is 1. The average Bonchev–Trinajstić information content (AvgIpc) is 2.64. The monoisotopic (exact) mass is 341 g/mol. The van der Waals surface area contributed by atoms with Gasteiger partial charge in [0.1, 0.15) is 18.5 Å². The van der Waals surface area contributed by atoms with Gasteiger partial charge in [-0.3, -0.25) is 5.32 Å². The van der Waals surface area contributed by atoms with Gasteiger partial charge in [-0.2, -0.15) is 0 Å². The van der Waals surface area contributed by atoms with Gasteiger partial charge in [-0.15, -0.1) is 0 Å². The van der Waals surface area contributed by atoms with Crippen molar-refractivity contribution in [3.05, 3.63) is 60.2 Å². The molecular formula is C20H23NO4. The lowest BCUT2D eigenvalue weighted by atomic mass is 9.95. The van der Waals surface area contributed by atoms with Crippen LogP contribution >= 0.6 is 0 Å². The molecule has 0 aliphatic heterocycles. The fourth-order valence-electron chi connectivity index (χ4n) is 2.88. The van der Waals surface area contributed by atoms with E-state index in [-0.39, 0.29) is 12.7 Å². The Kier molecular flexibility index (Phi) is 5.90. The highest BCUT2D eigenvalue weighted by Crippen LogP contribution is 2.25. The Morgan fingerprint density at radius 1 is 1.04 bits per heavy atom. The van der Waals surface area contributed by atoms with Gasteiger partial charge in [0.2, 0.25) is 0 Å². The van der Waals surface area contributed by atoms with E-state index in [4.69, 9.17) is 9.47 Å². The van der Waals surface area contributed by atoms with Gasteiger partial charge in [0.05, 0.1) is 6.10 Å². The van der Waals surface area contributed by atoms with Gasteiger partial charge in [-0.1, -0.05) is 36.8 Å². The molecule has 5 heteroatoms. The molecule has 0 aromatic heterocycles. The van der Waals surface area contributed by atoms with E-state index in [0.717, 1.165) is 31.2 Å². The van der Waals surface area contributed by atoms with Gasteiger partial charge < -0.3 is 14.6 Å². The number of amides is 1. The minimum absolute atomic E-state index is 0.150. The summed E-state index contributed by atoms with van der Waals surface area (Å²) in [6, 6.07) is 16.6. The van der Waals surface area contributed by atoms with Crippen LogP contribution in [0.2, 0.25) is 0 Å². The van der Waals surface area contributed by atoms with Crippen molar-refractivity contribution in [1.29, 1.82) is 0 Å². The van der Waals surface area contributed by atoms with Crippen LogP contribution in [-0.4, -0.2) is 23.4 Å². The summed E-state index contributed by atoms with van der Waals surface area (Å²) in [7, 11) is 0. The summed E-state index contributed by atoms with van der Waals surface area (Å²) in [5, 5.41) is 12.6.